The highest BCUT2D eigenvalue weighted by Crippen LogP contribution is 2.35. The molecule has 1 aromatic heterocycles. The lowest BCUT2D eigenvalue weighted by Crippen LogP contribution is -2.26. The number of nitrogens with one attached hydrogen (secondary N) is 2. The summed E-state index contributed by atoms with van der Waals surface area (Å²) in [6, 6.07) is 20.2. The first-order valence-corrected chi connectivity index (χ1v) is 11.5. The molecule has 2 heterocycles. The Hall–Kier alpha value is -3.73. The molecule has 0 bridgehead atoms. The molecule has 1 aliphatic carbocycles. The van der Waals surface area contributed by atoms with Crippen LogP contribution in [0.15, 0.2) is 66.9 Å². The van der Waals surface area contributed by atoms with E-state index in [2.05, 4.69) is 29.6 Å². The summed E-state index contributed by atoms with van der Waals surface area (Å²) in [5, 5.41) is 11.3. The molecular formula is C28H28N4O. The average Bonchev–Trinajstić information content (AvgIpc) is 3.61. The van der Waals surface area contributed by atoms with Crippen LogP contribution in [0.3, 0.4) is 0 Å². The first-order chi connectivity index (χ1) is 16.1. The van der Waals surface area contributed by atoms with E-state index in [1.165, 1.54) is 24.6 Å². The normalized spacial score (nSPS) is 15.5. The number of aromatic nitrogens is 1. The van der Waals surface area contributed by atoms with Crippen LogP contribution in [0.4, 0.5) is 0 Å². The zero-order valence-electron chi connectivity index (χ0n) is 18.8. The van der Waals surface area contributed by atoms with E-state index in [9.17, 15) is 4.79 Å². The lowest BCUT2D eigenvalue weighted by molar-refractivity contribution is 0.0771. The zero-order valence-corrected chi connectivity index (χ0v) is 18.8. The van der Waals surface area contributed by atoms with Crippen molar-refractivity contribution in [1.82, 2.24) is 15.2 Å². The molecule has 3 aromatic rings. The van der Waals surface area contributed by atoms with Gasteiger partial charge in [-0.05, 0) is 48.9 Å². The van der Waals surface area contributed by atoms with Gasteiger partial charge >= 0.3 is 0 Å². The monoisotopic (exact) mass is 436 g/mol. The van der Waals surface area contributed by atoms with Crippen LogP contribution in [0.2, 0.25) is 0 Å². The van der Waals surface area contributed by atoms with Gasteiger partial charge in [-0.1, -0.05) is 48.5 Å². The molecule has 0 saturated heterocycles. The number of hydrogen-bond donors (Lipinski definition) is 2. The quantitative estimate of drug-likeness (QED) is 0.477. The summed E-state index contributed by atoms with van der Waals surface area (Å²) in [5.41, 5.74) is 7.26. The maximum atomic E-state index is 13.0. The summed E-state index contributed by atoms with van der Waals surface area (Å²) in [6.45, 7) is 4.21. The molecule has 1 aliphatic heterocycles. The van der Waals surface area contributed by atoms with Gasteiger partial charge in [-0.3, -0.25) is 9.78 Å². The summed E-state index contributed by atoms with van der Waals surface area (Å²) in [4.78, 5) is 19.8. The van der Waals surface area contributed by atoms with Gasteiger partial charge in [0.2, 0.25) is 0 Å². The van der Waals surface area contributed by atoms with E-state index in [1.807, 2.05) is 54.4 Å². The third-order valence-electron chi connectivity index (χ3n) is 6.35. The van der Waals surface area contributed by atoms with Crippen molar-refractivity contribution >= 4 is 17.7 Å². The second kappa shape index (κ2) is 9.02. The van der Waals surface area contributed by atoms with Crippen LogP contribution in [-0.4, -0.2) is 28.6 Å². The maximum absolute atomic E-state index is 13.0. The van der Waals surface area contributed by atoms with E-state index >= 15 is 0 Å². The van der Waals surface area contributed by atoms with Crippen molar-refractivity contribution in [3.63, 3.8) is 0 Å². The molecule has 5 heteroatoms. The fourth-order valence-corrected chi connectivity index (χ4v) is 4.35. The number of aryl methyl sites for hydroxylation is 1. The predicted octanol–water partition coefficient (Wildman–Crippen LogP) is 5.20. The molecule has 2 aromatic carbocycles. The number of allylic oxidation sites excluding steroid dienone is 1. The standard InChI is InChI=1S/C28H28N4O/c1-19-7-12-25(24(14-29)16-30-15-20-5-3-2-4-6-20)27(31-19)22-10-11-23-18-32(17-21-8-9-21)28(33)26(23)13-22/h2-7,10-14,16,21,29-30H,8-9,15,17-18H2,1H3/b24-16+,29-14?. The van der Waals surface area contributed by atoms with Crippen LogP contribution in [0.5, 0.6) is 0 Å². The Morgan fingerprint density at radius 3 is 2.73 bits per heavy atom. The Bertz CT molecular complexity index is 1230. The van der Waals surface area contributed by atoms with Crippen molar-refractivity contribution in [2.75, 3.05) is 6.54 Å². The van der Waals surface area contributed by atoms with Gasteiger partial charge < -0.3 is 15.6 Å². The Kier molecular flexibility index (Phi) is 5.78. The molecule has 2 aliphatic rings. The number of carbonyl (C=O) groups excluding carboxylic acids is 1. The Labute approximate surface area is 194 Å². The highest BCUT2D eigenvalue weighted by Gasteiger charge is 2.32. The number of carbonyl (C=O) groups is 1. The molecule has 5 rings (SSSR count). The number of pyridine rings is 1. The number of benzene rings is 2. The summed E-state index contributed by atoms with van der Waals surface area (Å²) in [7, 11) is 0. The fraction of sp³-hybridized carbons (Fsp3) is 0.250. The predicted molar refractivity (Wildman–Crippen MR) is 132 cm³/mol. The number of rotatable bonds is 8. The lowest BCUT2D eigenvalue weighted by atomic mass is 9.97. The summed E-state index contributed by atoms with van der Waals surface area (Å²) in [5.74, 6) is 0.803. The summed E-state index contributed by atoms with van der Waals surface area (Å²) >= 11 is 0. The van der Waals surface area contributed by atoms with E-state index in [1.54, 1.807) is 0 Å². The van der Waals surface area contributed by atoms with Gasteiger partial charge in [0.15, 0.2) is 0 Å². The van der Waals surface area contributed by atoms with Gasteiger partial charge in [0.1, 0.15) is 0 Å². The van der Waals surface area contributed by atoms with Gasteiger partial charge in [-0.2, -0.15) is 0 Å². The Morgan fingerprint density at radius 2 is 1.97 bits per heavy atom. The van der Waals surface area contributed by atoms with Crippen LogP contribution in [0.1, 0.15) is 45.6 Å². The number of hydrogen-bond acceptors (Lipinski definition) is 4. The zero-order chi connectivity index (χ0) is 22.8. The molecule has 0 atom stereocenters. The number of nitrogens with zero attached hydrogens (tertiary/aromatic N) is 2. The maximum Gasteiger partial charge on any atom is 0.254 e. The highest BCUT2D eigenvalue weighted by atomic mass is 16.2. The van der Waals surface area contributed by atoms with E-state index in [0.717, 1.165) is 45.8 Å². The highest BCUT2D eigenvalue weighted by molar-refractivity contribution is 6.10. The van der Waals surface area contributed by atoms with Crippen LogP contribution >= 0.6 is 0 Å². The lowest BCUT2D eigenvalue weighted by Gasteiger charge is -2.14. The molecule has 33 heavy (non-hydrogen) atoms. The van der Waals surface area contributed by atoms with Crippen molar-refractivity contribution in [2.45, 2.75) is 32.9 Å². The molecule has 1 saturated carbocycles. The average molecular weight is 437 g/mol. The molecular weight excluding hydrogens is 408 g/mol. The van der Waals surface area contributed by atoms with Gasteiger partial charge in [0.05, 0.1) is 5.69 Å². The summed E-state index contributed by atoms with van der Waals surface area (Å²) < 4.78 is 0. The molecule has 2 N–H and O–H groups in total. The van der Waals surface area contributed by atoms with Gasteiger partial charge in [0.25, 0.3) is 5.91 Å². The van der Waals surface area contributed by atoms with Crippen molar-refractivity contribution in [1.29, 1.82) is 5.41 Å². The van der Waals surface area contributed by atoms with Gasteiger partial charge in [-0.25, -0.2) is 0 Å². The van der Waals surface area contributed by atoms with Crippen LogP contribution in [-0.2, 0) is 13.1 Å². The van der Waals surface area contributed by atoms with Crippen LogP contribution in [0, 0.1) is 18.3 Å². The first kappa shape index (κ1) is 21.1. The second-order valence-corrected chi connectivity index (χ2v) is 8.96. The van der Waals surface area contributed by atoms with E-state index in [-0.39, 0.29) is 5.91 Å². The number of fused-ring (bicyclic) bond motifs is 1. The van der Waals surface area contributed by atoms with E-state index in [0.29, 0.717) is 19.0 Å². The molecule has 166 valence electrons. The molecule has 0 unspecified atom stereocenters. The third kappa shape index (κ3) is 4.58. The van der Waals surface area contributed by atoms with Crippen molar-refractivity contribution in [3.8, 4) is 11.3 Å². The molecule has 5 nitrogen and oxygen atoms in total. The Morgan fingerprint density at radius 1 is 1.15 bits per heavy atom. The van der Waals surface area contributed by atoms with Gasteiger partial charge in [0, 0.05) is 60.0 Å². The van der Waals surface area contributed by atoms with Gasteiger partial charge in [-0.15, -0.1) is 0 Å². The smallest absolute Gasteiger partial charge is 0.254 e. The van der Waals surface area contributed by atoms with Crippen LogP contribution < -0.4 is 5.32 Å². The SMILES string of the molecule is Cc1ccc(/C(C=N)=C/NCc2ccccc2)c(-c2ccc3c(c2)C(=O)N(CC2CC2)C3)n1. The second-order valence-electron chi connectivity index (χ2n) is 8.96. The minimum absolute atomic E-state index is 0.125. The summed E-state index contributed by atoms with van der Waals surface area (Å²) in [6.07, 6.45) is 5.69. The third-order valence-corrected chi connectivity index (χ3v) is 6.35. The Balaban J connectivity index is 1.44. The van der Waals surface area contributed by atoms with Crippen molar-refractivity contribution in [2.24, 2.45) is 5.92 Å². The molecule has 0 radical (unpaired) electrons. The molecule has 0 spiro atoms. The first-order valence-electron chi connectivity index (χ1n) is 11.5. The van der Waals surface area contributed by atoms with Crippen LogP contribution in [0.25, 0.3) is 16.8 Å². The van der Waals surface area contributed by atoms with Crippen molar-refractivity contribution < 1.29 is 4.79 Å². The van der Waals surface area contributed by atoms with Crippen molar-refractivity contribution in [3.05, 3.63) is 94.8 Å². The van der Waals surface area contributed by atoms with E-state index in [4.69, 9.17) is 10.4 Å². The topological polar surface area (TPSA) is 69.1 Å². The largest absolute Gasteiger partial charge is 0.386 e. The minimum atomic E-state index is 0.125. The fourth-order valence-electron chi connectivity index (χ4n) is 4.35. The molecule has 1 amide bonds. The minimum Gasteiger partial charge on any atom is -0.386 e. The van der Waals surface area contributed by atoms with E-state index < -0.39 is 0 Å². The number of amides is 1. The molecule has 1 fully saturated rings.